The van der Waals surface area contributed by atoms with E-state index in [2.05, 4.69) is 20.2 Å². The van der Waals surface area contributed by atoms with E-state index in [1.54, 1.807) is 32.0 Å². The number of imidazole rings is 1. The minimum Gasteiger partial charge on any atom is -0.342 e. The van der Waals surface area contributed by atoms with Crippen molar-refractivity contribution in [2.75, 3.05) is 11.4 Å². The molecule has 8 heteroatoms. The highest BCUT2D eigenvalue weighted by atomic mass is 32.2. The van der Waals surface area contributed by atoms with Crippen LogP contribution in [-0.2, 0) is 10.0 Å². The predicted octanol–water partition coefficient (Wildman–Crippen LogP) is 2.04. The van der Waals surface area contributed by atoms with Crippen molar-refractivity contribution in [2.45, 2.75) is 25.7 Å². The van der Waals surface area contributed by atoms with Crippen LogP contribution >= 0.6 is 0 Å². The summed E-state index contributed by atoms with van der Waals surface area (Å²) in [5.74, 6) is 0.791. The number of anilines is 1. The number of hydrogen-bond donors (Lipinski definition) is 2. The highest BCUT2D eigenvalue weighted by molar-refractivity contribution is 7.92. The average molecular weight is 319 g/mol. The van der Waals surface area contributed by atoms with Crippen molar-refractivity contribution in [1.82, 2.24) is 20.2 Å². The molecule has 116 valence electrons. The smallest absolute Gasteiger partial charge is 0.267 e. The van der Waals surface area contributed by atoms with Crippen LogP contribution in [0.5, 0.6) is 0 Å². The molecule has 0 aliphatic heterocycles. The van der Waals surface area contributed by atoms with Crippen molar-refractivity contribution in [3.8, 4) is 0 Å². The molecule has 0 atom stereocenters. The zero-order chi connectivity index (χ0) is 16.1. The van der Waals surface area contributed by atoms with Gasteiger partial charge in [0, 0.05) is 7.05 Å². The fourth-order valence-electron chi connectivity index (χ4n) is 2.52. The second-order valence-corrected chi connectivity index (χ2v) is 7.17. The molecule has 0 bridgehead atoms. The van der Waals surface area contributed by atoms with Crippen molar-refractivity contribution < 1.29 is 8.42 Å². The lowest BCUT2D eigenvalue weighted by Gasteiger charge is -2.19. The molecule has 0 radical (unpaired) electrons. The Bertz CT molecular complexity index is 935. The average Bonchev–Trinajstić information content (AvgIpc) is 2.98. The number of rotatable bonds is 3. The molecule has 1 aromatic carbocycles. The van der Waals surface area contributed by atoms with E-state index in [1.807, 2.05) is 6.92 Å². The van der Waals surface area contributed by atoms with Crippen molar-refractivity contribution in [1.29, 1.82) is 0 Å². The number of aromatic amines is 2. The number of aromatic nitrogens is 4. The standard InChI is InChI=1S/C14H17N5O2S/c1-8-14(9(2)18-17-8)22(20,21)19(4)11-5-6-12-13(7-11)16-10(3)15-12/h5-7H,1-4H3,(H,15,16)(H,17,18). The van der Waals surface area contributed by atoms with Gasteiger partial charge in [0.2, 0.25) is 0 Å². The van der Waals surface area contributed by atoms with E-state index in [0.717, 1.165) is 16.9 Å². The van der Waals surface area contributed by atoms with Crippen LogP contribution in [0.4, 0.5) is 5.69 Å². The Hall–Kier alpha value is -2.35. The topological polar surface area (TPSA) is 94.7 Å². The van der Waals surface area contributed by atoms with Gasteiger partial charge in [-0.1, -0.05) is 0 Å². The normalized spacial score (nSPS) is 12.0. The number of sulfonamides is 1. The Morgan fingerprint density at radius 1 is 1.18 bits per heavy atom. The van der Waals surface area contributed by atoms with Gasteiger partial charge in [-0.15, -0.1) is 0 Å². The van der Waals surface area contributed by atoms with E-state index in [-0.39, 0.29) is 4.90 Å². The molecule has 2 N–H and O–H groups in total. The number of benzene rings is 1. The Morgan fingerprint density at radius 2 is 1.91 bits per heavy atom. The van der Waals surface area contributed by atoms with Gasteiger partial charge in [-0.05, 0) is 39.0 Å². The second kappa shape index (κ2) is 4.84. The molecule has 3 rings (SSSR count). The van der Waals surface area contributed by atoms with Gasteiger partial charge in [-0.3, -0.25) is 9.40 Å². The van der Waals surface area contributed by atoms with Crippen molar-refractivity contribution >= 4 is 26.7 Å². The number of nitrogens with one attached hydrogen (secondary N) is 2. The molecule has 0 aliphatic carbocycles. The lowest BCUT2D eigenvalue weighted by molar-refractivity contribution is 0.593. The zero-order valence-electron chi connectivity index (χ0n) is 12.8. The van der Waals surface area contributed by atoms with E-state index in [4.69, 9.17) is 0 Å². The number of hydrogen-bond acceptors (Lipinski definition) is 4. The fraction of sp³-hybridized carbons (Fsp3) is 0.286. The largest absolute Gasteiger partial charge is 0.342 e. The van der Waals surface area contributed by atoms with E-state index in [9.17, 15) is 8.42 Å². The van der Waals surface area contributed by atoms with Crippen LogP contribution in [0, 0.1) is 20.8 Å². The summed E-state index contributed by atoms with van der Waals surface area (Å²) in [5, 5.41) is 6.68. The Morgan fingerprint density at radius 3 is 2.55 bits per heavy atom. The van der Waals surface area contributed by atoms with Crippen LogP contribution in [0.1, 0.15) is 17.2 Å². The van der Waals surface area contributed by atoms with E-state index in [0.29, 0.717) is 17.1 Å². The maximum Gasteiger partial charge on any atom is 0.267 e. The molecular formula is C14H17N5O2S. The molecule has 2 heterocycles. The maximum atomic E-state index is 12.8. The van der Waals surface area contributed by atoms with E-state index >= 15 is 0 Å². The summed E-state index contributed by atoms with van der Waals surface area (Å²) in [5.41, 5.74) is 3.17. The third kappa shape index (κ3) is 2.16. The zero-order valence-corrected chi connectivity index (χ0v) is 13.6. The van der Waals surface area contributed by atoms with E-state index in [1.165, 1.54) is 11.4 Å². The van der Waals surface area contributed by atoms with Gasteiger partial charge in [0.15, 0.2) is 0 Å². The van der Waals surface area contributed by atoms with Crippen LogP contribution in [0.15, 0.2) is 23.1 Å². The monoisotopic (exact) mass is 319 g/mol. The summed E-state index contributed by atoms with van der Waals surface area (Å²) in [4.78, 5) is 7.65. The molecule has 0 amide bonds. The number of aryl methyl sites for hydroxylation is 3. The van der Waals surface area contributed by atoms with Crippen molar-refractivity contribution in [3.63, 3.8) is 0 Å². The Balaban J connectivity index is 2.09. The lowest BCUT2D eigenvalue weighted by atomic mass is 10.3. The van der Waals surface area contributed by atoms with Gasteiger partial charge >= 0.3 is 0 Å². The van der Waals surface area contributed by atoms with Gasteiger partial charge < -0.3 is 4.98 Å². The number of fused-ring (bicyclic) bond motifs is 1. The lowest BCUT2D eigenvalue weighted by Crippen LogP contribution is -2.27. The summed E-state index contributed by atoms with van der Waals surface area (Å²) in [6, 6.07) is 5.32. The molecule has 0 saturated carbocycles. The fourth-order valence-corrected chi connectivity index (χ4v) is 4.03. The Labute approximate surface area is 128 Å². The van der Waals surface area contributed by atoms with Crippen LogP contribution < -0.4 is 4.31 Å². The first-order valence-electron chi connectivity index (χ1n) is 6.77. The summed E-state index contributed by atoms with van der Waals surface area (Å²) < 4.78 is 26.9. The van der Waals surface area contributed by atoms with Gasteiger partial charge in [0.1, 0.15) is 10.7 Å². The highest BCUT2D eigenvalue weighted by Crippen LogP contribution is 2.27. The number of nitrogens with zero attached hydrogens (tertiary/aromatic N) is 3. The molecular weight excluding hydrogens is 302 g/mol. The first-order valence-corrected chi connectivity index (χ1v) is 8.21. The summed E-state index contributed by atoms with van der Waals surface area (Å²) in [6.45, 7) is 5.23. The molecule has 22 heavy (non-hydrogen) atoms. The highest BCUT2D eigenvalue weighted by Gasteiger charge is 2.27. The van der Waals surface area contributed by atoms with Gasteiger partial charge in [-0.2, -0.15) is 5.10 Å². The minimum atomic E-state index is -3.67. The van der Waals surface area contributed by atoms with Crippen LogP contribution in [0.3, 0.4) is 0 Å². The SMILES string of the molecule is Cc1nc2ccc(N(C)S(=O)(=O)c3c(C)n[nH]c3C)cc2[nH]1. The first kappa shape index (κ1) is 14.6. The number of H-pyrrole nitrogens is 2. The van der Waals surface area contributed by atoms with Gasteiger partial charge in [0.05, 0.1) is 28.1 Å². The molecule has 0 unspecified atom stereocenters. The first-order chi connectivity index (χ1) is 10.3. The van der Waals surface area contributed by atoms with Crippen molar-refractivity contribution in [2.24, 2.45) is 0 Å². The summed E-state index contributed by atoms with van der Waals surface area (Å²) >= 11 is 0. The quantitative estimate of drug-likeness (QED) is 0.772. The predicted molar refractivity (Wildman–Crippen MR) is 84.5 cm³/mol. The molecule has 2 aromatic heterocycles. The summed E-state index contributed by atoms with van der Waals surface area (Å²) in [6.07, 6.45) is 0. The van der Waals surface area contributed by atoms with Crippen molar-refractivity contribution in [3.05, 3.63) is 35.4 Å². The molecule has 3 aromatic rings. The van der Waals surface area contributed by atoms with Gasteiger partial charge in [-0.25, -0.2) is 13.4 Å². The maximum absolute atomic E-state index is 12.8. The summed E-state index contributed by atoms with van der Waals surface area (Å²) in [7, 11) is -2.13. The third-order valence-corrected chi connectivity index (χ3v) is 5.68. The molecule has 0 fully saturated rings. The minimum absolute atomic E-state index is 0.218. The Kier molecular flexibility index (Phi) is 3.21. The van der Waals surface area contributed by atoms with Crippen LogP contribution in [0.2, 0.25) is 0 Å². The van der Waals surface area contributed by atoms with E-state index < -0.39 is 10.0 Å². The van der Waals surface area contributed by atoms with Gasteiger partial charge in [0.25, 0.3) is 10.0 Å². The van der Waals surface area contributed by atoms with Crippen LogP contribution in [-0.4, -0.2) is 35.6 Å². The van der Waals surface area contributed by atoms with Crippen LogP contribution in [0.25, 0.3) is 11.0 Å². The third-order valence-electron chi connectivity index (χ3n) is 3.63. The molecule has 0 aliphatic rings. The second-order valence-electron chi connectivity index (χ2n) is 5.26. The molecule has 7 nitrogen and oxygen atoms in total. The molecule has 0 spiro atoms. The molecule has 0 saturated heterocycles.